The molecule has 0 radical (unpaired) electrons. The lowest BCUT2D eigenvalue weighted by Gasteiger charge is -2.22. The van der Waals surface area contributed by atoms with Gasteiger partial charge in [0, 0.05) is 22.3 Å². The van der Waals surface area contributed by atoms with Crippen LogP contribution < -0.4 is 5.32 Å². The van der Waals surface area contributed by atoms with Gasteiger partial charge in [0.25, 0.3) is 5.91 Å². The molecule has 29 heavy (non-hydrogen) atoms. The van der Waals surface area contributed by atoms with Crippen LogP contribution in [0, 0.1) is 50.4 Å². The van der Waals surface area contributed by atoms with Crippen molar-refractivity contribution >= 4 is 23.3 Å². The first-order chi connectivity index (χ1) is 13.9. The molecule has 1 saturated carbocycles. The van der Waals surface area contributed by atoms with Gasteiger partial charge in [0.05, 0.1) is 5.56 Å². The van der Waals surface area contributed by atoms with Crippen molar-refractivity contribution < 1.29 is 4.79 Å². The van der Waals surface area contributed by atoms with E-state index in [4.69, 9.17) is 0 Å². The Morgan fingerprint density at radius 3 is 2.52 bits per heavy atom. The van der Waals surface area contributed by atoms with Crippen molar-refractivity contribution in [2.45, 2.75) is 65.8 Å². The first-order valence-corrected chi connectivity index (χ1v) is 10.8. The Bertz CT molecular complexity index is 1050. The van der Waals surface area contributed by atoms with Gasteiger partial charge in [-0.25, -0.2) is 0 Å². The monoisotopic (exact) mass is 406 g/mol. The summed E-state index contributed by atoms with van der Waals surface area (Å²) in [5.41, 5.74) is 4.51. The number of thiophene rings is 1. The lowest BCUT2D eigenvalue weighted by Crippen LogP contribution is -2.36. The highest BCUT2D eigenvalue weighted by Gasteiger charge is 2.21. The summed E-state index contributed by atoms with van der Waals surface area (Å²) in [6.07, 6.45) is 7.08. The lowest BCUT2D eigenvalue weighted by atomic mass is 9.95. The number of aromatic nitrogens is 1. The standard InChI is InChI=1S/C23H26N4OS/c1-14-10-18(11-19(12-24)22(28)26-20-8-6-5-7-9-20)16(3)27(14)23-21(13-25)15(2)17(4)29-23/h10-11,20H,5-9H2,1-4H3,(H,26,28). The molecule has 0 spiro atoms. The van der Waals surface area contributed by atoms with E-state index >= 15 is 0 Å². The Kier molecular flexibility index (Phi) is 6.25. The average molecular weight is 407 g/mol. The van der Waals surface area contributed by atoms with Gasteiger partial charge >= 0.3 is 0 Å². The number of hydrogen-bond acceptors (Lipinski definition) is 4. The number of carbonyl (C=O) groups excluding carboxylic acids is 1. The molecule has 1 fully saturated rings. The topological polar surface area (TPSA) is 81.6 Å². The van der Waals surface area contributed by atoms with Crippen molar-refractivity contribution in [2.75, 3.05) is 0 Å². The van der Waals surface area contributed by atoms with Crippen LogP contribution in [0.2, 0.25) is 0 Å². The minimum absolute atomic E-state index is 0.120. The number of nitrogens with one attached hydrogen (secondary N) is 1. The Balaban J connectivity index is 1.95. The van der Waals surface area contributed by atoms with Crippen LogP contribution in [0.25, 0.3) is 11.1 Å². The summed E-state index contributed by atoms with van der Waals surface area (Å²) in [5, 5.41) is 23.1. The zero-order chi connectivity index (χ0) is 21.1. The molecule has 0 atom stereocenters. The Morgan fingerprint density at radius 2 is 1.90 bits per heavy atom. The smallest absolute Gasteiger partial charge is 0.262 e. The third-order valence-corrected chi connectivity index (χ3v) is 6.95. The summed E-state index contributed by atoms with van der Waals surface area (Å²) in [4.78, 5) is 13.7. The lowest BCUT2D eigenvalue weighted by molar-refractivity contribution is -0.117. The van der Waals surface area contributed by atoms with E-state index in [9.17, 15) is 15.3 Å². The zero-order valence-electron chi connectivity index (χ0n) is 17.4. The minimum Gasteiger partial charge on any atom is -0.349 e. The van der Waals surface area contributed by atoms with E-state index in [1.165, 1.54) is 6.42 Å². The molecule has 3 rings (SSSR count). The second-order valence-electron chi connectivity index (χ2n) is 7.72. The Labute approximate surface area is 176 Å². The van der Waals surface area contributed by atoms with Gasteiger partial charge in [-0.1, -0.05) is 19.3 Å². The summed E-state index contributed by atoms with van der Waals surface area (Å²) >= 11 is 1.59. The van der Waals surface area contributed by atoms with Crippen LogP contribution in [0.5, 0.6) is 0 Å². The van der Waals surface area contributed by atoms with Crippen LogP contribution in [-0.2, 0) is 4.79 Å². The number of rotatable bonds is 4. The van der Waals surface area contributed by atoms with E-state index in [0.29, 0.717) is 5.56 Å². The number of nitrogens with zero attached hydrogens (tertiary/aromatic N) is 3. The molecule has 0 unspecified atom stereocenters. The molecule has 0 aromatic carbocycles. The van der Waals surface area contributed by atoms with E-state index in [1.807, 2.05) is 38.3 Å². The van der Waals surface area contributed by atoms with Crippen LogP contribution in [0.15, 0.2) is 11.6 Å². The number of hydrogen-bond donors (Lipinski definition) is 1. The van der Waals surface area contributed by atoms with E-state index in [2.05, 4.69) is 17.5 Å². The predicted octanol–water partition coefficient (Wildman–Crippen LogP) is 5.00. The van der Waals surface area contributed by atoms with Crippen LogP contribution in [0.4, 0.5) is 0 Å². The molecule has 0 bridgehead atoms. The quantitative estimate of drug-likeness (QED) is 0.573. The maximum atomic E-state index is 12.6. The second kappa shape index (κ2) is 8.68. The molecule has 6 heteroatoms. The summed E-state index contributed by atoms with van der Waals surface area (Å²) < 4.78 is 2.04. The van der Waals surface area contributed by atoms with E-state index < -0.39 is 0 Å². The molecule has 0 saturated heterocycles. The van der Waals surface area contributed by atoms with Gasteiger partial charge in [-0.3, -0.25) is 4.79 Å². The van der Waals surface area contributed by atoms with Crippen LogP contribution in [-0.4, -0.2) is 16.5 Å². The molecule has 150 valence electrons. The number of aryl methyl sites for hydroxylation is 2. The van der Waals surface area contributed by atoms with Crippen molar-refractivity contribution in [3.63, 3.8) is 0 Å². The fraction of sp³-hybridized carbons (Fsp3) is 0.435. The summed E-state index contributed by atoms with van der Waals surface area (Å²) in [6, 6.07) is 6.51. The molecule has 5 nitrogen and oxygen atoms in total. The van der Waals surface area contributed by atoms with Crippen LogP contribution in [0.3, 0.4) is 0 Å². The van der Waals surface area contributed by atoms with Gasteiger partial charge in [-0.2, -0.15) is 10.5 Å². The maximum Gasteiger partial charge on any atom is 0.262 e. The Hall–Kier alpha value is -2.83. The SMILES string of the molecule is Cc1sc(-n2c(C)cc(C=C(C#N)C(=O)NC3CCCCC3)c2C)c(C#N)c1C. The van der Waals surface area contributed by atoms with E-state index in [-0.39, 0.29) is 17.5 Å². The number of nitriles is 2. The predicted molar refractivity (Wildman–Crippen MR) is 116 cm³/mol. The van der Waals surface area contributed by atoms with Crippen molar-refractivity contribution in [1.82, 2.24) is 9.88 Å². The summed E-state index contributed by atoms with van der Waals surface area (Å²) in [7, 11) is 0. The normalized spacial score (nSPS) is 15.0. The van der Waals surface area contributed by atoms with Crippen molar-refractivity contribution in [2.24, 2.45) is 0 Å². The molecule has 2 aromatic heterocycles. The minimum atomic E-state index is -0.301. The molecule has 1 N–H and O–H groups in total. The third-order valence-electron chi connectivity index (χ3n) is 5.76. The highest BCUT2D eigenvalue weighted by atomic mass is 32.1. The molecule has 1 amide bonds. The maximum absolute atomic E-state index is 12.6. The highest BCUT2D eigenvalue weighted by Crippen LogP contribution is 2.34. The van der Waals surface area contributed by atoms with Crippen LogP contribution in [0.1, 0.15) is 65.1 Å². The van der Waals surface area contributed by atoms with Gasteiger partial charge in [0.1, 0.15) is 22.7 Å². The number of carbonyl (C=O) groups is 1. The molecule has 2 aromatic rings. The average Bonchev–Trinajstić information content (AvgIpc) is 3.14. The van der Waals surface area contributed by atoms with Gasteiger partial charge in [-0.15, -0.1) is 11.3 Å². The number of amides is 1. The first kappa shape index (κ1) is 20.9. The van der Waals surface area contributed by atoms with Crippen molar-refractivity contribution in [3.05, 3.63) is 44.6 Å². The van der Waals surface area contributed by atoms with E-state index in [0.717, 1.165) is 58.1 Å². The Morgan fingerprint density at radius 1 is 1.21 bits per heavy atom. The summed E-state index contributed by atoms with van der Waals surface area (Å²) in [6.45, 7) is 7.91. The van der Waals surface area contributed by atoms with Crippen molar-refractivity contribution in [3.8, 4) is 17.1 Å². The first-order valence-electron chi connectivity index (χ1n) is 9.99. The van der Waals surface area contributed by atoms with Gasteiger partial charge < -0.3 is 9.88 Å². The van der Waals surface area contributed by atoms with Gasteiger partial charge in [0.15, 0.2) is 0 Å². The van der Waals surface area contributed by atoms with Crippen molar-refractivity contribution in [1.29, 1.82) is 10.5 Å². The molecule has 1 aliphatic rings. The highest BCUT2D eigenvalue weighted by molar-refractivity contribution is 7.14. The third kappa shape index (κ3) is 4.13. The fourth-order valence-electron chi connectivity index (χ4n) is 3.96. The molecule has 0 aliphatic heterocycles. The summed E-state index contributed by atoms with van der Waals surface area (Å²) in [5.74, 6) is -0.301. The molecular weight excluding hydrogens is 380 g/mol. The fourth-order valence-corrected chi connectivity index (χ4v) is 5.18. The largest absolute Gasteiger partial charge is 0.349 e. The second-order valence-corrected chi connectivity index (χ2v) is 8.92. The van der Waals surface area contributed by atoms with Crippen LogP contribution >= 0.6 is 11.3 Å². The molecule has 1 aliphatic carbocycles. The molecule has 2 heterocycles. The molecular formula is C23H26N4OS. The zero-order valence-corrected chi connectivity index (χ0v) is 18.2. The van der Waals surface area contributed by atoms with Gasteiger partial charge in [0.2, 0.25) is 0 Å². The van der Waals surface area contributed by atoms with Gasteiger partial charge in [-0.05, 0) is 63.8 Å². The van der Waals surface area contributed by atoms with E-state index in [1.54, 1.807) is 17.4 Å².